The van der Waals surface area contributed by atoms with Gasteiger partial charge in [0.2, 0.25) is 5.91 Å². The molecule has 1 aliphatic carbocycles. The maximum Gasteiger partial charge on any atom is 0.329 e. The third-order valence-electron chi connectivity index (χ3n) is 3.40. The Morgan fingerprint density at radius 3 is 2.20 bits per heavy atom. The number of hydrogen-bond donors (Lipinski definition) is 1. The molecule has 15 heavy (non-hydrogen) atoms. The van der Waals surface area contributed by atoms with Crippen molar-refractivity contribution in [2.24, 2.45) is 0 Å². The van der Waals surface area contributed by atoms with Crippen molar-refractivity contribution < 1.29 is 14.7 Å². The molecule has 1 N–H and O–H groups in total. The van der Waals surface area contributed by atoms with E-state index in [-0.39, 0.29) is 5.91 Å². The number of hydrogen-bond acceptors (Lipinski definition) is 2. The fourth-order valence-electron chi connectivity index (χ4n) is 2.31. The molecule has 0 aromatic rings. The summed E-state index contributed by atoms with van der Waals surface area (Å²) in [5.74, 6) is -0.939. The van der Waals surface area contributed by atoms with Crippen molar-refractivity contribution in [3.8, 4) is 0 Å². The van der Waals surface area contributed by atoms with Gasteiger partial charge >= 0.3 is 5.97 Å². The van der Waals surface area contributed by atoms with Crippen LogP contribution in [0.1, 0.15) is 45.4 Å². The lowest BCUT2D eigenvalue weighted by atomic mass is 9.80. The molecule has 86 valence electrons. The third kappa shape index (κ3) is 2.13. The molecule has 0 bridgehead atoms. The van der Waals surface area contributed by atoms with Crippen molar-refractivity contribution in [3.63, 3.8) is 0 Å². The van der Waals surface area contributed by atoms with Crippen LogP contribution in [0.2, 0.25) is 0 Å². The van der Waals surface area contributed by atoms with Gasteiger partial charge in [0, 0.05) is 13.5 Å². The Hall–Kier alpha value is -1.06. The summed E-state index contributed by atoms with van der Waals surface area (Å²) in [6.45, 7) is 1.76. The maximum atomic E-state index is 11.6. The average molecular weight is 213 g/mol. The first-order valence-corrected chi connectivity index (χ1v) is 5.54. The zero-order valence-electron chi connectivity index (χ0n) is 9.45. The molecule has 4 nitrogen and oxygen atoms in total. The largest absolute Gasteiger partial charge is 0.479 e. The SMILES string of the molecule is CCC(=O)N(C)C1(C(=O)O)CCCCC1. The van der Waals surface area contributed by atoms with E-state index in [2.05, 4.69) is 0 Å². The van der Waals surface area contributed by atoms with Crippen LogP contribution in [0.25, 0.3) is 0 Å². The molecule has 0 unspecified atom stereocenters. The third-order valence-corrected chi connectivity index (χ3v) is 3.40. The van der Waals surface area contributed by atoms with Gasteiger partial charge in [-0.2, -0.15) is 0 Å². The highest BCUT2D eigenvalue weighted by Crippen LogP contribution is 2.33. The molecule has 0 atom stereocenters. The fraction of sp³-hybridized carbons (Fsp3) is 0.818. The Balaban J connectivity index is 2.89. The van der Waals surface area contributed by atoms with E-state index in [0.29, 0.717) is 19.3 Å². The number of amides is 1. The van der Waals surface area contributed by atoms with Crippen LogP contribution in [0.5, 0.6) is 0 Å². The highest BCUT2D eigenvalue weighted by Gasteiger charge is 2.44. The molecule has 1 rings (SSSR count). The predicted molar refractivity (Wildman–Crippen MR) is 56.5 cm³/mol. The van der Waals surface area contributed by atoms with E-state index in [1.165, 1.54) is 4.90 Å². The molecule has 0 saturated heterocycles. The van der Waals surface area contributed by atoms with Crippen molar-refractivity contribution in [1.29, 1.82) is 0 Å². The van der Waals surface area contributed by atoms with Crippen LogP contribution >= 0.6 is 0 Å². The molecule has 0 aliphatic heterocycles. The lowest BCUT2D eigenvalue weighted by Gasteiger charge is -2.40. The minimum absolute atomic E-state index is 0.0840. The van der Waals surface area contributed by atoms with E-state index in [1.54, 1.807) is 14.0 Å². The summed E-state index contributed by atoms with van der Waals surface area (Å²) in [4.78, 5) is 24.4. The van der Waals surface area contributed by atoms with Crippen LogP contribution in [0.3, 0.4) is 0 Å². The van der Waals surface area contributed by atoms with Gasteiger partial charge in [0.05, 0.1) is 0 Å². The second kappa shape index (κ2) is 4.64. The lowest BCUT2D eigenvalue weighted by molar-refractivity contribution is -0.160. The van der Waals surface area contributed by atoms with Gasteiger partial charge in [-0.1, -0.05) is 26.2 Å². The normalized spacial score (nSPS) is 19.6. The molecule has 0 aromatic carbocycles. The molecule has 0 spiro atoms. The molecule has 1 amide bonds. The number of rotatable bonds is 3. The monoisotopic (exact) mass is 213 g/mol. The van der Waals surface area contributed by atoms with Crippen molar-refractivity contribution in [2.75, 3.05) is 7.05 Å². The number of carbonyl (C=O) groups is 2. The summed E-state index contributed by atoms with van der Waals surface area (Å²) >= 11 is 0. The smallest absolute Gasteiger partial charge is 0.329 e. The summed E-state index contributed by atoms with van der Waals surface area (Å²) in [5, 5.41) is 9.31. The number of carboxylic acid groups (broad SMARTS) is 1. The van der Waals surface area contributed by atoms with Crippen LogP contribution in [0, 0.1) is 0 Å². The molecular weight excluding hydrogens is 194 g/mol. The number of carboxylic acids is 1. The molecule has 1 aliphatic rings. The highest BCUT2D eigenvalue weighted by atomic mass is 16.4. The Kier molecular flexibility index (Phi) is 3.72. The Morgan fingerprint density at radius 2 is 1.80 bits per heavy atom. The van der Waals surface area contributed by atoms with Gasteiger partial charge in [-0.25, -0.2) is 4.79 Å². The zero-order valence-corrected chi connectivity index (χ0v) is 9.45. The quantitative estimate of drug-likeness (QED) is 0.775. The summed E-state index contributed by atoms with van der Waals surface area (Å²) in [5.41, 5.74) is -0.939. The van der Waals surface area contributed by atoms with Gasteiger partial charge in [-0.3, -0.25) is 4.79 Å². The van der Waals surface area contributed by atoms with Gasteiger partial charge in [0.15, 0.2) is 0 Å². The van der Waals surface area contributed by atoms with E-state index >= 15 is 0 Å². The number of aliphatic carboxylic acids is 1. The minimum atomic E-state index is -0.939. The lowest BCUT2D eigenvalue weighted by Crippen LogP contribution is -2.56. The minimum Gasteiger partial charge on any atom is -0.479 e. The topological polar surface area (TPSA) is 57.6 Å². The molecule has 0 heterocycles. The first-order valence-electron chi connectivity index (χ1n) is 5.54. The molecule has 0 aromatic heterocycles. The van der Waals surface area contributed by atoms with E-state index in [4.69, 9.17) is 0 Å². The molecule has 0 radical (unpaired) electrons. The van der Waals surface area contributed by atoms with Crippen LogP contribution < -0.4 is 0 Å². The van der Waals surface area contributed by atoms with Gasteiger partial charge in [-0.15, -0.1) is 0 Å². The van der Waals surface area contributed by atoms with Crippen molar-refractivity contribution >= 4 is 11.9 Å². The number of likely N-dealkylation sites (N-methyl/N-ethyl adjacent to an activating group) is 1. The first-order chi connectivity index (χ1) is 7.04. The van der Waals surface area contributed by atoms with E-state index in [9.17, 15) is 14.7 Å². The molecule has 1 saturated carbocycles. The fourth-order valence-corrected chi connectivity index (χ4v) is 2.31. The Labute approximate surface area is 90.3 Å². The Bertz CT molecular complexity index is 257. The van der Waals surface area contributed by atoms with Crippen molar-refractivity contribution in [2.45, 2.75) is 51.0 Å². The van der Waals surface area contributed by atoms with Gasteiger partial charge < -0.3 is 10.0 Å². The zero-order chi connectivity index (χ0) is 11.5. The van der Waals surface area contributed by atoms with Crippen molar-refractivity contribution in [1.82, 2.24) is 4.90 Å². The van der Waals surface area contributed by atoms with Gasteiger partial charge in [-0.05, 0) is 12.8 Å². The van der Waals surface area contributed by atoms with E-state index < -0.39 is 11.5 Å². The van der Waals surface area contributed by atoms with Crippen LogP contribution in [0.4, 0.5) is 0 Å². The first kappa shape index (κ1) is 12.0. The standard InChI is InChI=1S/C11H19NO3/c1-3-9(13)12(2)11(10(14)15)7-5-4-6-8-11/h3-8H2,1-2H3,(H,14,15). The number of nitrogens with zero attached hydrogens (tertiary/aromatic N) is 1. The molecular formula is C11H19NO3. The summed E-state index contributed by atoms with van der Waals surface area (Å²) in [6.07, 6.45) is 4.41. The Morgan fingerprint density at radius 1 is 1.27 bits per heavy atom. The van der Waals surface area contributed by atoms with E-state index in [0.717, 1.165) is 19.3 Å². The van der Waals surface area contributed by atoms with E-state index in [1.807, 2.05) is 0 Å². The second-order valence-corrected chi connectivity index (χ2v) is 4.20. The van der Waals surface area contributed by atoms with Crippen LogP contribution in [0.15, 0.2) is 0 Å². The number of carbonyl (C=O) groups excluding carboxylic acids is 1. The predicted octanol–water partition coefficient (Wildman–Crippen LogP) is 1.64. The van der Waals surface area contributed by atoms with Gasteiger partial charge in [0.1, 0.15) is 5.54 Å². The average Bonchev–Trinajstić information content (AvgIpc) is 2.27. The molecule has 4 heteroatoms. The maximum absolute atomic E-state index is 11.6. The highest BCUT2D eigenvalue weighted by molar-refractivity contribution is 5.86. The molecule has 1 fully saturated rings. The van der Waals surface area contributed by atoms with Crippen LogP contribution in [-0.4, -0.2) is 34.5 Å². The van der Waals surface area contributed by atoms with Gasteiger partial charge in [0.25, 0.3) is 0 Å². The summed E-state index contributed by atoms with van der Waals surface area (Å²) < 4.78 is 0. The summed E-state index contributed by atoms with van der Waals surface area (Å²) in [6, 6.07) is 0. The second-order valence-electron chi connectivity index (χ2n) is 4.20. The summed E-state index contributed by atoms with van der Waals surface area (Å²) in [7, 11) is 1.62. The van der Waals surface area contributed by atoms with Crippen molar-refractivity contribution in [3.05, 3.63) is 0 Å². The van der Waals surface area contributed by atoms with Crippen LogP contribution in [-0.2, 0) is 9.59 Å².